The molecule has 0 amide bonds. The van der Waals surface area contributed by atoms with Gasteiger partial charge in [-0.05, 0) is 30.8 Å². The van der Waals surface area contributed by atoms with Gasteiger partial charge < -0.3 is 0 Å². The second kappa shape index (κ2) is 4.37. The van der Waals surface area contributed by atoms with Crippen LogP contribution in [-0.4, -0.2) is 14.8 Å². The Balaban J connectivity index is 2.72. The van der Waals surface area contributed by atoms with Crippen molar-refractivity contribution in [3.05, 3.63) is 39.9 Å². The van der Waals surface area contributed by atoms with Gasteiger partial charge in [0.25, 0.3) is 0 Å². The fourth-order valence-electron chi connectivity index (χ4n) is 1.62. The molecular formula is C11H11F2N3S. The van der Waals surface area contributed by atoms with Crippen molar-refractivity contribution in [1.29, 1.82) is 0 Å². The third kappa shape index (κ3) is 2.00. The number of aromatic amines is 1. The molecule has 17 heavy (non-hydrogen) atoms. The molecule has 0 aliphatic heterocycles. The lowest BCUT2D eigenvalue weighted by Crippen LogP contribution is -2.04. The molecule has 0 unspecified atom stereocenters. The van der Waals surface area contributed by atoms with E-state index in [2.05, 4.69) is 10.2 Å². The third-order valence-corrected chi connectivity index (χ3v) is 2.80. The first-order valence-corrected chi connectivity index (χ1v) is 5.57. The quantitative estimate of drug-likeness (QED) is 0.837. The monoisotopic (exact) mass is 255 g/mol. The van der Waals surface area contributed by atoms with E-state index < -0.39 is 11.6 Å². The number of hydrogen-bond acceptors (Lipinski definition) is 2. The summed E-state index contributed by atoms with van der Waals surface area (Å²) in [7, 11) is 0. The first-order valence-electron chi connectivity index (χ1n) is 5.17. The summed E-state index contributed by atoms with van der Waals surface area (Å²) < 4.78 is 29.0. The van der Waals surface area contributed by atoms with Gasteiger partial charge in [-0.1, -0.05) is 6.92 Å². The molecule has 0 fully saturated rings. The number of hydrogen-bond donors (Lipinski definition) is 1. The summed E-state index contributed by atoms with van der Waals surface area (Å²) in [5.41, 5.74) is 0.350. The van der Waals surface area contributed by atoms with Crippen LogP contribution in [0.25, 0.3) is 5.69 Å². The highest BCUT2D eigenvalue weighted by atomic mass is 32.1. The highest BCUT2D eigenvalue weighted by Gasteiger charge is 2.13. The number of H-pyrrole nitrogens is 1. The average Bonchev–Trinajstić information content (AvgIpc) is 2.65. The predicted octanol–water partition coefficient (Wildman–Crippen LogP) is 3.08. The van der Waals surface area contributed by atoms with Crippen molar-refractivity contribution >= 4 is 12.2 Å². The SMILES string of the molecule is CCc1n[nH]c(=S)n1-c1cc(F)c(C)cc1F. The maximum absolute atomic E-state index is 13.8. The van der Waals surface area contributed by atoms with Gasteiger partial charge in [-0.3, -0.25) is 9.67 Å². The zero-order chi connectivity index (χ0) is 12.6. The topological polar surface area (TPSA) is 33.6 Å². The van der Waals surface area contributed by atoms with Crippen molar-refractivity contribution in [3.63, 3.8) is 0 Å². The summed E-state index contributed by atoms with van der Waals surface area (Å²) in [6, 6.07) is 2.29. The lowest BCUT2D eigenvalue weighted by Gasteiger charge is -2.08. The molecule has 1 aromatic carbocycles. The highest BCUT2D eigenvalue weighted by molar-refractivity contribution is 7.71. The Morgan fingerprint density at radius 3 is 2.71 bits per heavy atom. The molecule has 0 bridgehead atoms. The van der Waals surface area contributed by atoms with E-state index in [0.29, 0.717) is 12.2 Å². The number of aryl methyl sites for hydroxylation is 2. The number of rotatable bonds is 2. The summed E-state index contributed by atoms with van der Waals surface area (Å²) in [6.45, 7) is 3.38. The van der Waals surface area contributed by atoms with E-state index in [9.17, 15) is 8.78 Å². The van der Waals surface area contributed by atoms with E-state index >= 15 is 0 Å². The molecule has 1 heterocycles. The van der Waals surface area contributed by atoms with E-state index in [1.165, 1.54) is 11.5 Å². The first-order chi connectivity index (χ1) is 8.04. The number of nitrogens with zero attached hydrogens (tertiary/aromatic N) is 2. The number of aromatic nitrogens is 3. The first kappa shape index (κ1) is 11.9. The zero-order valence-electron chi connectivity index (χ0n) is 9.42. The van der Waals surface area contributed by atoms with E-state index in [0.717, 1.165) is 12.1 Å². The lowest BCUT2D eigenvalue weighted by atomic mass is 10.2. The molecule has 1 aromatic heterocycles. The van der Waals surface area contributed by atoms with Crippen molar-refractivity contribution in [1.82, 2.24) is 14.8 Å². The van der Waals surface area contributed by atoms with Crippen LogP contribution in [-0.2, 0) is 6.42 Å². The molecule has 0 atom stereocenters. The number of benzene rings is 1. The van der Waals surface area contributed by atoms with Gasteiger partial charge in [-0.15, -0.1) is 0 Å². The fourth-order valence-corrected chi connectivity index (χ4v) is 1.87. The highest BCUT2D eigenvalue weighted by Crippen LogP contribution is 2.19. The standard InChI is InChI=1S/C11H11F2N3S/c1-3-10-14-15-11(17)16(10)9-5-7(12)6(2)4-8(9)13/h4-5H,3H2,1-2H3,(H,15,17). The Morgan fingerprint density at radius 2 is 2.06 bits per heavy atom. The predicted molar refractivity (Wildman–Crippen MR) is 62.8 cm³/mol. The Bertz CT molecular complexity index is 616. The van der Waals surface area contributed by atoms with E-state index in [4.69, 9.17) is 12.2 Å². The van der Waals surface area contributed by atoms with Crippen molar-refractivity contribution in [2.75, 3.05) is 0 Å². The smallest absolute Gasteiger partial charge is 0.199 e. The largest absolute Gasteiger partial charge is 0.269 e. The van der Waals surface area contributed by atoms with Gasteiger partial charge in [0.15, 0.2) is 4.77 Å². The Labute approximate surface area is 102 Å². The Kier molecular flexibility index (Phi) is 3.06. The minimum atomic E-state index is -0.517. The summed E-state index contributed by atoms with van der Waals surface area (Å²) in [5, 5.41) is 6.54. The molecule has 0 aliphatic carbocycles. The minimum absolute atomic E-state index is 0.0868. The summed E-state index contributed by atoms with van der Waals surface area (Å²) in [6.07, 6.45) is 0.572. The van der Waals surface area contributed by atoms with E-state index in [-0.39, 0.29) is 16.0 Å². The molecule has 2 rings (SSSR count). The molecule has 90 valence electrons. The van der Waals surface area contributed by atoms with Gasteiger partial charge >= 0.3 is 0 Å². The molecule has 0 saturated heterocycles. The summed E-state index contributed by atoms with van der Waals surface area (Å²) >= 11 is 5.01. The third-order valence-electron chi connectivity index (χ3n) is 2.53. The second-order valence-corrected chi connectivity index (χ2v) is 4.07. The molecule has 2 aromatic rings. The van der Waals surface area contributed by atoms with Gasteiger partial charge in [0.1, 0.15) is 17.5 Å². The number of halogens is 2. The van der Waals surface area contributed by atoms with Gasteiger partial charge in [0.05, 0.1) is 5.69 Å². The van der Waals surface area contributed by atoms with Crippen LogP contribution in [0.2, 0.25) is 0 Å². The molecule has 6 heteroatoms. The van der Waals surface area contributed by atoms with Crippen LogP contribution in [0.3, 0.4) is 0 Å². The molecular weight excluding hydrogens is 244 g/mol. The molecule has 0 aliphatic rings. The van der Waals surface area contributed by atoms with Crippen LogP contribution in [0.1, 0.15) is 18.3 Å². The summed E-state index contributed by atoms with van der Waals surface area (Å²) in [5.74, 6) is -0.417. The maximum Gasteiger partial charge on any atom is 0.199 e. The molecule has 0 radical (unpaired) electrons. The van der Waals surface area contributed by atoms with Crippen molar-refractivity contribution in [3.8, 4) is 5.69 Å². The zero-order valence-corrected chi connectivity index (χ0v) is 10.2. The second-order valence-electron chi connectivity index (χ2n) is 3.69. The van der Waals surface area contributed by atoms with Crippen LogP contribution in [0.15, 0.2) is 12.1 Å². The van der Waals surface area contributed by atoms with Crippen LogP contribution in [0.5, 0.6) is 0 Å². The lowest BCUT2D eigenvalue weighted by molar-refractivity contribution is 0.583. The van der Waals surface area contributed by atoms with Gasteiger partial charge in [-0.25, -0.2) is 8.78 Å². The Morgan fingerprint density at radius 1 is 1.35 bits per heavy atom. The van der Waals surface area contributed by atoms with Crippen molar-refractivity contribution < 1.29 is 8.78 Å². The average molecular weight is 255 g/mol. The van der Waals surface area contributed by atoms with E-state index in [1.54, 1.807) is 0 Å². The fraction of sp³-hybridized carbons (Fsp3) is 0.273. The van der Waals surface area contributed by atoms with Crippen molar-refractivity contribution in [2.24, 2.45) is 0 Å². The van der Waals surface area contributed by atoms with E-state index in [1.807, 2.05) is 6.92 Å². The molecule has 0 saturated carbocycles. The van der Waals surface area contributed by atoms with Crippen LogP contribution in [0, 0.1) is 23.3 Å². The molecule has 1 N–H and O–H groups in total. The van der Waals surface area contributed by atoms with Crippen molar-refractivity contribution in [2.45, 2.75) is 20.3 Å². The molecule has 0 spiro atoms. The summed E-state index contributed by atoms with van der Waals surface area (Å²) in [4.78, 5) is 0. The van der Waals surface area contributed by atoms with Gasteiger partial charge in [-0.2, -0.15) is 5.10 Å². The minimum Gasteiger partial charge on any atom is -0.269 e. The normalized spacial score (nSPS) is 10.8. The maximum atomic E-state index is 13.8. The molecule has 3 nitrogen and oxygen atoms in total. The van der Waals surface area contributed by atoms with Crippen LogP contribution >= 0.6 is 12.2 Å². The number of nitrogens with one attached hydrogen (secondary N) is 1. The van der Waals surface area contributed by atoms with Gasteiger partial charge in [0.2, 0.25) is 0 Å². The van der Waals surface area contributed by atoms with Crippen LogP contribution < -0.4 is 0 Å². The van der Waals surface area contributed by atoms with Crippen LogP contribution in [0.4, 0.5) is 8.78 Å². The van der Waals surface area contributed by atoms with Gasteiger partial charge in [0, 0.05) is 12.5 Å². The Hall–Kier alpha value is -1.56.